The van der Waals surface area contributed by atoms with Gasteiger partial charge in [-0.15, -0.1) is 0 Å². The molecule has 0 spiro atoms. The van der Waals surface area contributed by atoms with Crippen LogP contribution < -0.4 is 0 Å². The smallest absolute Gasteiger partial charge is 0.154 e. The second-order valence-electron chi connectivity index (χ2n) is 7.68. The predicted molar refractivity (Wildman–Crippen MR) is 105 cm³/mol. The van der Waals surface area contributed by atoms with Crippen LogP contribution in [0.1, 0.15) is 84.5 Å². The summed E-state index contributed by atoms with van der Waals surface area (Å²) in [5.74, 6) is 0.684. The van der Waals surface area contributed by atoms with Crippen LogP contribution >= 0.6 is 0 Å². The van der Waals surface area contributed by atoms with E-state index in [1.54, 1.807) is 0 Å². The van der Waals surface area contributed by atoms with Crippen LogP contribution in [0.3, 0.4) is 0 Å². The van der Waals surface area contributed by atoms with E-state index in [0.29, 0.717) is 18.6 Å². The molecule has 25 heavy (non-hydrogen) atoms. The number of aliphatic hydroxyl groups is 1. The van der Waals surface area contributed by atoms with Crippen molar-refractivity contribution in [3.63, 3.8) is 0 Å². The van der Waals surface area contributed by atoms with Gasteiger partial charge in [0, 0.05) is 19.8 Å². The Morgan fingerprint density at radius 1 is 1.04 bits per heavy atom. The highest BCUT2D eigenvalue weighted by Gasteiger charge is 2.23. The Kier molecular flexibility index (Phi) is 13.7. The van der Waals surface area contributed by atoms with E-state index in [2.05, 4.69) is 25.8 Å². The molecule has 150 valence electrons. The molecule has 3 atom stereocenters. The minimum absolute atomic E-state index is 0.368. The van der Waals surface area contributed by atoms with Crippen LogP contribution in [0.15, 0.2) is 0 Å². The van der Waals surface area contributed by atoms with Crippen molar-refractivity contribution in [3.8, 4) is 0 Å². The summed E-state index contributed by atoms with van der Waals surface area (Å²) in [6.07, 6.45) is 12.6. The maximum absolute atomic E-state index is 9.86. The molecule has 0 saturated carbocycles. The van der Waals surface area contributed by atoms with Crippen molar-refractivity contribution in [1.29, 1.82) is 0 Å². The fourth-order valence-electron chi connectivity index (χ4n) is 3.80. The number of unbranched alkanes of at least 4 members (excludes halogenated alkanes) is 1. The van der Waals surface area contributed by atoms with Crippen LogP contribution in [0.4, 0.5) is 0 Å². The second kappa shape index (κ2) is 15.0. The highest BCUT2D eigenvalue weighted by Crippen LogP contribution is 2.24. The third-order valence-corrected chi connectivity index (χ3v) is 5.35. The van der Waals surface area contributed by atoms with E-state index in [4.69, 9.17) is 9.47 Å². The zero-order valence-electron chi connectivity index (χ0n) is 17.0. The summed E-state index contributed by atoms with van der Waals surface area (Å²) in [6.45, 7) is 7.99. The van der Waals surface area contributed by atoms with Gasteiger partial charge in [-0.25, -0.2) is 0 Å². The Balaban J connectivity index is 2.61. The van der Waals surface area contributed by atoms with Gasteiger partial charge in [-0.3, -0.25) is 0 Å². The molecule has 0 radical (unpaired) electrons. The molecule has 1 heterocycles. The van der Waals surface area contributed by atoms with Crippen molar-refractivity contribution in [1.82, 2.24) is 4.90 Å². The van der Waals surface area contributed by atoms with Crippen LogP contribution in [0.25, 0.3) is 0 Å². The van der Waals surface area contributed by atoms with Gasteiger partial charge < -0.3 is 19.5 Å². The average Bonchev–Trinajstić information content (AvgIpc) is 2.59. The summed E-state index contributed by atoms with van der Waals surface area (Å²) in [6, 6.07) is 0. The zero-order chi connectivity index (χ0) is 18.3. The number of nitrogens with zero attached hydrogens (tertiary/aromatic N) is 1. The summed E-state index contributed by atoms with van der Waals surface area (Å²) in [5, 5.41) is 9.86. The van der Waals surface area contributed by atoms with Gasteiger partial charge in [0.05, 0.1) is 6.10 Å². The lowest BCUT2D eigenvalue weighted by Crippen LogP contribution is -2.37. The first-order valence-electron chi connectivity index (χ1n) is 10.8. The lowest BCUT2D eigenvalue weighted by molar-refractivity contribution is -0.105. The van der Waals surface area contributed by atoms with Crippen molar-refractivity contribution in [2.24, 2.45) is 5.92 Å². The number of likely N-dealkylation sites (N-methyl/N-ethyl adjacent to an activating group) is 1. The molecule has 1 rings (SSSR count). The lowest BCUT2D eigenvalue weighted by Gasteiger charge is -2.31. The molecule has 0 aliphatic carbocycles. The number of ether oxygens (including phenoxy) is 2. The highest BCUT2D eigenvalue weighted by molar-refractivity contribution is 4.74. The largest absolute Gasteiger partial charge is 0.377 e. The molecular formula is C21H43NO3. The first-order chi connectivity index (χ1) is 12.2. The number of hydrogen-bond donors (Lipinski definition) is 1. The molecule has 4 nitrogen and oxygen atoms in total. The first kappa shape index (κ1) is 22.9. The van der Waals surface area contributed by atoms with Crippen molar-refractivity contribution < 1.29 is 14.6 Å². The van der Waals surface area contributed by atoms with Gasteiger partial charge in [0.1, 0.15) is 0 Å². The average molecular weight is 358 g/mol. The lowest BCUT2D eigenvalue weighted by atomic mass is 9.89. The Hall–Kier alpha value is -0.160. The fourth-order valence-corrected chi connectivity index (χ4v) is 3.80. The SMILES string of the molecule is CCCCC1CCCCCCC(O)OCCCCN(C)C[C@H]1OCC. The topological polar surface area (TPSA) is 41.9 Å². The van der Waals surface area contributed by atoms with E-state index in [-0.39, 0.29) is 0 Å². The third kappa shape index (κ3) is 11.2. The van der Waals surface area contributed by atoms with Gasteiger partial charge in [0.25, 0.3) is 0 Å². The van der Waals surface area contributed by atoms with Gasteiger partial charge in [0.2, 0.25) is 0 Å². The van der Waals surface area contributed by atoms with Crippen molar-refractivity contribution in [3.05, 3.63) is 0 Å². The van der Waals surface area contributed by atoms with Crippen LogP contribution in [-0.2, 0) is 9.47 Å². The Labute approximate surface area is 156 Å². The molecule has 1 fully saturated rings. The van der Waals surface area contributed by atoms with Gasteiger partial charge in [0.15, 0.2) is 6.29 Å². The van der Waals surface area contributed by atoms with E-state index in [1.807, 2.05) is 0 Å². The minimum Gasteiger partial charge on any atom is -0.377 e. The zero-order valence-corrected chi connectivity index (χ0v) is 17.0. The van der Waals surface area contributed by atoms with Crippen molar-refractivity contribution >= 4 is 0 Å². The molecule has 0 aromatic heterocycles. The van der Waals surface area contributed by atoms with Gasteiger partial charge in [-0.2, -0.15) is 0 Å². The summed E-state index contributed by atoms with van der Waals surface area (Å²) in [7, 11) is 2.21. The minimum atomic E-state index is -0.565. The molecule has 0 bridgehead atoms. The van der Waals surface area contributed by atoms with E-state index in [0.717, 1.165) is 45.4 Å². The van der Waals surface area contributed by atoms with Crippen molar-refractivity contribution in [2.75, 3.05) is 33.4 Å². The molecule has 4 heteroatoms. The van der Waals surface area contributed by atoms with Crippen molar-refractivity contribution in [2.45, 2.75) is 96.9 Å². The van der Waals surface area contributed by atoms with E-state index < -0.39 is 6.29 Å². The Morgan fingerprint density at radius 2 is 1.80 bits per heavy atom. The summed E-state index contributed by atoms with van der Waals surface area (Å²) < 4.78 is 11.7. The molecule has 1 N–H and O–H groups in total. The molecule has 1 saturated heterocycles. The predicted octanol–water partition coefficient (Wildman–Crippen LogP) is 4.60. The van der Waals surface area contributed by atoms with Gasteiger partial charge in [-0.1, -0.05) is 39.0 Å². The maximum atomic E-state index is 9.86. The molecule has 1 aliphatic heterocycles. The summed E-state index contributed by atoms with van der Waals surface area (Å²) >= 11 is 0. The van der Waals surface area contributed by atoms with E-state index in [1.165, 1.54) is 44.9 Å². The molecular weight excluding hydrogens is 314 g/mol. The van der Waals surface area contributed by atoms with E-state index in [9.17, 15) is 5.11 Å². The number of hydrogen-bond acceptors (Lipinski definition) is 4. The first-order valence-corrected chi connectivity index (χ1v) is 10.8. The van der Waals surface area contributed by atoms with Gasteiger partial charge >= 0.3 is 0 Å². The van der Waals surface area contributed by atoms with Crippen LogP contribution in [0.2, 0.25) is 0 Å². The van der Waals surface area contributed by atoms with E-state index >= 15 is 0 Å². The molecule has 1 aliphatic rings. The normalized spacial score (nSPS) is 29.5. The number of rotatable bonds is 5. The fraction of sp³-hybridized carbons (Fsp3) is 1.00. The molecule has 0 aromatic rings. The maximum Gasteiger partial charge on any atom is 0.154 e. The van der Waals surface area contributed by atoms with Gasteiger partial charge in [-0.05, 0) is 65.0 Å². The number of aliphatic hydroxyl groups excluding tert-OH is 1. The standard InChI is InChI=1S/C21H43NO3/c1-4-6-13-19-14-9-7-8-10-15-21(23)25-17-12-11-16-22(3)18-20(19)24-5-2/h19-21,23H,4-18H2,1-3H3/t19?,20-,21?/m1/s1. The Morgan fingerprint density at radius 3 is 2.52 bits per heavy atom. The van der Waals surface area contributed by atoms with Crippen LogP contribution in [0.5, 0.6) is 0 Å². The monoisotopic (exact) mass is 357 g/mol. The molecule has 0 aromatic carbocycles. The molecule has 0 amide bonds. The third-order valence-electron chi connectivity index (χ3n) is 5.35. The second-order valence-corrected chi connectivity index (χ2v) is 7.68. The van der Waals surface area contributed by atoms with Crippen LogP contribution in [0, 0.1) is 5.92 Å². The quantitative estimate of drug-likeness (QED) is 0.781. The highest BCUT2D eigenvalue weighted by atomic mass is 16.6. The summed E-state index contributed by atoms with van der Waals surface area (Å²) in [4.78, 5) is 2.42. The van der Waals surface area contributed by atoms with Crippen LogP contribution in [-0.4, -0.2) is 55.8 Å². The summed E-state index contributed by atoms with van der Waals surface area (Å²) in [5.41, 5.74) is 0. The molecule has 2 unspecified atom stereocenters. The Bertz CT molecular complexity index is 301.